The minimum Gasteiger partial charge on any atom is -0.385 e. The third-order valence-electron chi connectivity index (χ3n) is 4.37. The highest BCUT2D eigenvalue weighted by Gasteiger charge is 2.25. The van der Waals surface area contributed by atoms with Crippen LogP contribution in [0.15, 0.2) is 30.3 Å². The lowest BCUT2D eigenvalue weighted by atomic mass is 9.89. The summed E-state index contributed by atoms with van der Waals surface area (Å²) in [5, 5.41) is 3.75. The summed E-state index contributed by atoms with van der Waals surface area (Å²) >= 11 is 0. The summed E-state index contributed by atoms with van der Waals surface area (Å²) in [6.07, 6.45) is 2.37. The molecule has 118 valence electrons. The van der Waals surface area contributed by atoms with Crippen LogP contribution < -0.4 is 5.32 Å². The van der Waals surface area contributed by atoms with Gasteiger partial charge in [0.15, 0.2) is 0 Å². The predicted molar refractivity (Wildman–Crippen MR) is 88.4 cm³/mol. The molecule has 1 fully saturated rings. The van der Waals surface area contributed by atoms with Crippen LogP contribution in [0.4, 0.5) is 0 Å². The third-order valence-corrected chi connectivity index (χ3v) is 4.37. The maximum absolute atomic E-state index is 5.20. The third kappa shape index (κ3) is 5.77. The SMILES string of the molecule is COCCC(C)(C)CNC1CCN(Cc2ccccc2)C1. The Balaban J connectivity index is 1.70. The molecule has 2 rings (SSSR count). The highest BCUT2D eigenvalue weighted by atomic mass is 16.5. The van der Waals surface area contributed by atoms with Crippen molar-refractivity contribution in [2.75, 3.05) is 33.4 Å². The Morgan fingerprint density at radius 2 is 2.05 bits per heavy atom. The van der Waals surface area contributed by atoms with Crippen molar-refractivity contribution in [3.8, 4) is 0 Å². The molecule has 0 aromatic heterocycles. The van der Waals surface area contributed by atoms with E-state index in [0.717, 1.165) is 32.7 Å². The van der Waals surface area contributed by atoms with Gasteiger partial charge in [0.2, 0.25) is 0 Å². The van der Waals surface area contributed by atoms with Gasteiger partial charge in [0.25, 0.3) is 0 Å². The topological polar surface area (TPSA) is 24.5 Å². The van der Waals surface area contributed by atoms with E-state index in [0.29, 0.717) is 11.5 Å². The number of likely N-dealkylation sites (tertiary alicyclic amines) is 1. The molecule has 0 spiro atoms. The van der Waals surface area contributed by atoms with Gasteiger partial charge in [-0.05, 0) is 23.8 Å². The van der Waals surface area contributed by atoms with Crippen molar-refractivity contribution in [2.24, 2.45) is 5.41 Å². The second-order valence-corrected chi connectivity index (χ2v) is 6.99. The molecule has 1 atom stereocenters. The van der Waals surface area contributed by atoms with Crippen molar-refractivity contribution in [3.63, 3.8) is 0 Å². The molecular formula is C18H30N2O. The van der Waals surface area contributed by atoms with Gasteiger partial charge in [0.1, 0.15) is 0 Å². The van der Waals surface area contributed by atoms with Gasteiger partial charge >= 0.3 is 0 Å². The average Bonchev–Trinajstić information content (AvgIpc) is 2.92. The first kappa shape index (κ1) is 16.5. The predicted octanol–water partition coefficient (Wildman–Crippen LogP) is 2.91. The Morgan fingerprint density at radius 1 is 1.29 bits per heavy atom. The van der Waals surface area contributed by atoms with E-state index in [-0.39, 0.29) is 0 Å². The minimum absolute atomic E-state index is 0.308. The number of methoxy groups -OCH3 is 1. The summed E-state index contributed by atoms with van der Waals surface area (Å²) < 4.78 is 5.20. The largest absolute Gasteiger partial charge is 0.385 e. The molecule has 1 aliphatic heterocycles. The number of nitrogens with zero attached hydrogens (tertiary/aromatic N) is 1. The first-order valence-corrected chi connectivity index (χ1v) is 8.08. The van der Waals surface area contributed by atoms with Crippen molar-refractivity contribution in [1.82, 2.24) is 10.2 Å². The van der Waals surface area contributed by atoms with Crippen LogP contribution >= 0.6 is 0 Å². The standard InChI is InChI=1S/C18H30N2O/c1-18(2,10-12-21-3)15-19-17-9-11-20(14-17)13-16-7-5-4-6-8-16/h4-8,17,19H,9-15H2,1-3H3. The van der Waals surface area contributed by atoms with Gasteiger partial charge in [-0.1, -0.05) is 44.2 Å². The van der Waals surface area contributed by atoms with E-state index >= 15 is 0 Å². The molecule has 0 saturated carbocycles. The van der Waals surface area contributed by atoms with Crippen molar-refractivity contribution in [3.05, 3.63) is 35.9 Å². The Bertz CT molecular complexity index is 405. The first-order chi connectivity index (χ1) is 10.1. The highest BCUT2D eigenvalue weighted by Crippen LogP contribution is 2.20. The zero-order valence-corrected chi connectivity index (χ0v) is 13.8. The number of ether oxygens (including phenoxy) is 1. The van der Waals surface area contributed by atoms with Gasteiger partial charge in [-0.25, -0.2) is 0 Å². The van der Waals surface area contributed by atoms with E-state index in [1.807, 2.05) is 0 Å². The van der Waals surface area contributed by atoms with Crippen molar-refractivity contribution < 1.29 is 4.74 Å². The quantitative estimate of drug-likeness (QED) is 0.797. The first-order valence-electron chi connectivity index (χ1n) is 8.08. The van der Waals surface area contributed by atoms with E-state index in [4.69, 9.17) is 4.74 Å². The van der Waals surface area contributed by atoms with E-state index in [9.17, 15) is 0 Å². The molecule has 1 heterocycles. The molecule has 1 aromatic rings. The van der Waals surface area contributed by atoms with Gasteiger partial charge in [-0.2, -0.15) is 0 Å². The van der Waals surface area contributed by atoms with E-state index in [1.165, 1.54) is 18.5 Å². The lowest BCUT2D eigenvalue weighted by Gasteiger charge is -2.27. The van der Waals surface area contributed by atoms with Crippen LogP contribution in [0.25, 0.3) is 0 Å². The molecule has 1 aromatic carbocycles. The Morgan fingerprint density at radius 3 is 2.76 bits per heavy atom. The molecule has 3 heteroatoms. The summed E-state index contributed by atoms with van der Waals surface area (Å²) in [5.41, 5.74) is 1.72. The Hall–Kier alpha value is -0.900. The smallest absolute Gasteiger partial charge is 0.0467 e. The van der Waals surface area contributed by atoms with Crippen LogP contribution in [0.5, 0.6) is 0 Å². The lowest BCUT2D eigenvalue weighted by molar-refractivity contribution is 0.149. The zero-order valence-electron chi connectivity index (χ0n) is 13.8. The maximum Gasteiger partial charge on any atom is 0.0467 e. The fraction of sp³-hybridized carbons (Fsp3) is 0.667. The van der Waals surface area contributed by atoms with Gasteiger partial charge < -0.3 is 10.1 Å². The summed E-state index contributed by atoms with van der Waals surface area (Å²) in [6, 6.07) is 11.4. The fourth-order valence-electron chi connectivity index (χ4n) is 2.87. The van der Waals surface area contributed by atoms with Gasteiger partial charge in [-0.15, -0.1) is 0 Å². The molecule has 1 N–H and O–H groups in total. The average molecular weight is 290 g/mol. The Kier molecular flexibility index (Phi) is 6.22. The van der Waals surface area contributed by atoms with Crippen molar-refractivity contribution in [2.45, 2.75) is 39.3 Å². The number of rotatable bonds is 8. The molecule has 21 heavy (non-hydrogen) atoms. The summed E-state index contributed by atoms with van der Waals surface area (Å²) in [7, 11) is 1.78. The van der Waals surface area contributed by atoms with Crippen LogP contribution in [0.3, 0.4) is 0 Å². The zero-order chi connectivity index (χ0) is 15.1. The summed E-state index contributed by atoms with van der Waals surface area (Å²) in [6.45, 7) is 9.98. The van der Waals surface area contributed by atoms with Gasteiger partial charge in [0, 0.05) is 45.9 Å². The molecule has 1 aliphatic rings. The number of benzene rings is 1. The van der Waals surface area contributed by atoms with Gasteiger partial charge in [-0.3, -0.25) is 4.90 Å². The second-order valence-electron chi connectivity index (χ2n) is 6.99. The molecule has 0 radical (unpaired) electrons. The van der Waals surface area contributed by atoms with Crippen molar-refractivity contribution in [1.29, 1.82) is 0 Å². The Labute approximate surface area is 129 Å². The number of hydrogen-bond donors (Lipinski definition) is 1. The summed E-state index contributed by atoms with van der Waals surface area (Å²) in [4.78, 5) is 2.55. The molecule has 1 unspecified atom stereocenters. The van der Waals surface area contributed by atoms with Crippen LogP contribution in [-0.4, -0.2) is 44.3 Å². The fourth-order valence-corrected chi connectivity index (χ4v) is 2.87. The van der Waals surface area contributed by atoms with Crippen molar-refractivity contribution >= 4 is 0 Å². The number of hydrogen-bond acceptors (Lipinski definition) is 3. The van der Waals surface area contributed by atoms with E-state index < -0.39 is 0 Å². The molecule has 3 nitrogen and oxygen atoms in total. The number of nitrogens with one attached hydrogen (secondary N) is 1. The van der Waals surface area contributed by atoms with Crippen LogP contribution in [-0.2, 0) is 11.3 Å². The lowest BCUT2D eigenvalue weighted by Crippen LogP contribution is -2.39. The molecule has 0 bridgehead atoms. The molecule has 0 amide bonds. The van der Waals surface area contributed by atoms with Gasteiger partial charge in [0.05, 0.1) is 0 Å². The molecular weight excluding hydrogens is 260 g/mol. The summed E-state index contributed by atoms with van der Waals surface area (Å²) in [5.74, 6) is 0. The molecule has 1 saturated heterocycles. The maximum atomic E-state index is 5.20. The highest BCUT2D eigenvalue weighted by molar-refractivity contribution is 5.14. The normalized spacial score (nSPS) is 20.0. The van der Waals surface area contributed by atoms with E-state index in [1.54, 1.807) is 7.11 Å². The monoisotopic (exact) mass is 290 g/mol. The van der Waals surface area contributed by atoms with Crippen LogP contribution in [0.2, 0.25) is 0 Å². The van der Waals surface area contributed by atoms with Crippen LogP contribution in [0.1, 0.15) is 32.3 Å². The van der Waals surface area contributed by atoms with E-state index in [2.05, 4.69) is 54.4 Å². The molecule has 0 aliphatic carbocycles. The van der Waals surface area contributed by atoms with Crippen LogP contribution in [0, 0.1) is 5.41 Å². The minimum atomic E-state index is 0.308. The second kappa shape index (κ2) is 7.92.